The summed E-state index contributed by atoms with van der Waals surface area (Å²) in [6.07, 6.45) is 2.35. The van der Waals surface area contributed by atoms with Crippen molar-refractivity contribution in [1.82, 2.24) is 5.43 Å². The van der Waals surface area contributed by atoms with Gasteiger partial charge in [0, 0.05) is 5.02 Å². The molecule has 4 rings (SSSR count). The fraction of sp³-hybridized carbons (Fsp3) is 0.212. The second-order valence-electron chi connectivity index (χ2n) is 9.66. The predicted octanol–water partition coefficient (Wildman–Crippen LogP) is 7.00. The normalized spacial score (nSPS) is 11.3. The van der Waals surface area contributed by atoms with E-state index in [4.69, 9.17) is 21.1 Å². The van der Waals surface area contributed by atoms with E-state index < -0.39 is 15.9 Å². The van der Waals surface area contributed by atoms with Gasteiger partial charge in [-0.25, -0.2) is 13.8 Å². The van der Waals surface area contributed by atoms with Crippen LogP contribution in [0.15, 0.2) is 101 Å². The Morgan fingerprint density at radius 2 is 1.65 bits per heavy atom. The van der Waals surface area contributed by atoms with Gasteiger partial charge in [0.25, 0.3) is 15.9 Å². The molecule has 4 aromatic carbocycles. The zero-order chi connectivity index (χ0) is 30.8. The molecule has 0 heterocycles. The van der Waals surface area contributed by atoms with Gasteiger partial charge in [-0.1, -0.05) is 60.5 Å². The molecule has 0 radical (unpaired) electrons. The number of nitrogens with one attached hydrogen (secondary N) is 1. The second kappa shape index (κ2) is 14.7. The van der Waals surface area contributed by atoms with Crippen molar-refractivity contribution in [2.24, 2.45) is 5.10 Å². The number of hydrogen-bond donors (Lipinski definition) is 1. The van der Waals surface area contributed by atoms with Crippen LogP contribution >= 0.6 is 11.6 Å². The lowest BCUT2D eigenvalue weighted by Gasteiger charge is -2.26. The quantitative estimate of drug-likeness (QED) is 0.128. The molecule has 0 aromatic heterocycles. The van der Waals surface area contributed by atoms with Gasteiger partial charge in [-0.05, 0) is 86.0 Å². The number of ether oxygens (including phenoxy) is 2. The Labute approximate surface area is 258 Å². The lowest BCUT2D eigenvalue weighted by Crippen LogP contribution is -2.33. The molecule has 0 bridgehead atoms. The van der Waals surface area contributed by atoms with Crippen molar-refractivity contribution in [1.29, 1.82) is 0 Å². The predicted molar refractivity (Wildman–Crippen MR) is 171 cm³/mol. The minimum atomic E-state index is -4.06. The molecule has 0 saturated heterocycles. The number of halogens is 1. The third-order valence-corrected chi connectivity index (χ3v) is 8.40. The fourth-order valence-electron chi connectivity index (χ4n) is 4.21. The number of para-hydroxylation sites is 1. The van der Waals surface area contributed by atoms with Gasteiger partial charge >= 0.3 is 0 Å². The number of hydrogen-bond acceptors (Lipinski definition) is 6. The first-order valence-corrected chi connectivity index (χ1v) is 15.7. The van der Waals surface area contributed by atoms with Crippen LogP contribution in [0.4, 0.5) is 5.69 Å². The summed E-state index contributed by atoms with van der Waals surface area (Å²) in [4.78, 5) is 13.5. The topological polar surface area (TPSA) is 97.3 Å². The van der Waals surface area contributed by atoms with E-state index in [1.807, 2.05) is 20.8 Å². The minimum Gasteiger partial charge on any atom is -0.490 e. The molecule has 10 heteroatoms. The number of anilines is 1. The van der Waals surface area contributed by atoms with E-state index in [-0.39, 0.29) is 22.7 Å². The molecule has 0 saturated carbocycles. The molecule has 224 valence electrons. The first kappa shape index (κ1) is 31.6. The molecule has 0 aliphatic rings. The molecule has 0 atom stereocenters. The number of hydrazone groups is 1. The van der Waals surface area contributed by atoms with E-state index in [1.54, 1.807) is 91.0 Å². The Bertz CT molecular complexity index is 1670. The van der Waals surface area contributed by atoms with Crippen LogP contribution in [0.25, 0.3) is 0 Å². The van der Waals surface area contributed by atoms with E-state index in [9.17, 15) is 13.2 Å². The molecule has 0 fully saturated rings. The molecule has 43 heavy (non-hydrogen) atoms. The molecule has 8 nitrogen and oxygen atoms in total. The van der Waals surface area contributed by atoms with Crippen molar-refractivity contribution >= 4 is 39.4 Å². The van der Waals surface area contributed by atoms with E-state index in [1.165, 1.54) is 10.5 Å². The number of benzene rings is 4. The van der Waals surface area contributed by atoms with Crippen molar-refractivity contribution < 1.29 is 22.7 Å². The van der Waals surface area contributed by atoms with Gasteiger partial charge in [0.15, 0.2) is 11.5 Å². The van der Waals surface area contributed by atoms with Crippen molar-refractivity contribution in [3.63, 3.8) is 0 Å². The van der Waals surface area contributed by atoms with E-state index in [0.717, 1.165) is 12.0 Å². The highest BCUT2D eigenvalue weighted by Gasteiger charge is 2.28. The number of rotatable bonds is 13. The summed E-state index contributed by atoms with van der Waals surface area (Å²) in [5.41, 5.74) is 5.20. The highest BCUT2D eigenvalue weighted by molar-refractivity contribution is 7.92. The molecule has 0 unspecified atom stereocenters. The monoisotopic (exact) mass is 619 g/mol. The lowest BCUT2D eigenvalue weighted by atomic mass is 10.1. The third kappa shape index (κ3) is 8.15. The van der Waals surface area contributed by atoms with Gasteiger partial charge in [0.2, 0.25) is 0 Å². The third-order valence-electron chi connectivity index (χ3n) is 6.37. The Kier molecular flexibility index (Phi) is 10.8. The van der Waals surface area contributed by atoms with Gasteiger partial charge < -0.3 is 9.47 Å². The number of amides is 1. The molecule has 0 aliphatic heterocycles. The number of aryl methyl sites for hydroxylation is 1. The Morgan fingerprint density at radius 3 is 2.35 bits per heavy atom. The van der Waals surface area contributed by atoms with Gasteiger partial charge in [0.1, 0.15) is 0 Å². The van der Waals surface area contributed by atoms with Crippen LogP contribution in [-0.2, 0) is 16.6 Å². The first-order chi connectivity index (χ1) is 20.7. The van der Waals surface area contributed by atoms with Crippen LogP contribution in [-0.4, -0.2) is 33.8 Å². The molecule has 0 aliphatic carbocycles. The Morgan fingerprint density at radius 1 is 0.930 bits per heavy atom. The summed E-state index contributed by atoms with van der Waals surface area (Å²) in [7, 11) is -4.06. The second-order valence-corrected chi connectivity index (χ2v) is 12.0. The molecule has 4 aromatic rings. The Hall–Kier alpha value is -4.34. The maximum atomic E-state index is 14.0. The van der Waals surface area contributed by atoms with Gasteiger partial charge in [-0.15, -0.1) is 0 Å². The maximum absolute atomic E-state index is 14.0. The summed E-state index contributed by atoms with van der Waals surface area (Å²) < 4.78 is 40.6. The number of carbonyl (C=O) groups is 1. The SMILES string of the molecule is CCCOc1ccc(/C=N/NC(=O)c2ccccc2N(Cc2ccc(Cl)cc2)S(=O)(=O)c2ccc(C)cc2)cc1OCC. The van der Waals surface area contributed by atoms with Gasteiger partial charge in [-0.3, -0.25) is 9.10 Å². The summed E-state index contributed by atoms with van der Waals surface area (Å²) in [5, 5.41) is 4.66. The van der Waals surface area contributed by atoms with Crippen LogP contribution in [0.2, 0.25) is 5.02 Å². The molecule has 1 amide bonds. The summed E-state index contributed by atoms with van der Waals surface area (Å²) in [6.45, 7) is 6.81. The largest absolute Gasteiger partial charge is 0.490 e. The van der Waals surface area contributed by atoms with Crippen molar-refractivity contribution in [2.45, 2.75) is 38.6 Å². The standard InChI is InChI=1S/C33H34ClN3O5S/c1-4-20-42-31-19-14-26(21-32(31)41-5-2)22-35-36-33(38)29-8-6-7-9-30(29)37(23-25-12-15-27(34)16-13-25)43(39,40)28-17-10-24(3)11-18-28/h6-19,21-22H,4-5,20,23H2,1-3H3,(H,36,38)/b35-22+. The van der Waals surface area contributed by atoms with E-state index in [0.29, 0.717) is 40.9 Å². The van der Waals surface area contributed by atoms with Crippen LogP contribution < -0.4 is 19.2 Å². The molecular weight excluding hydrogens is 586 g/mol. The van der Waals surface area contributed by atoms with Crippen molar-refractivity contribution in [3.05, 3.63) is 118 Å². The summed E-state index contributed by atoms with van der Waals surface area (Å²) in [5.74, 6) is 0.644. The molecule has 0 spiro atoms. The Balaban J connectivity index is 1.64. The van der Waals surface area contributed by atoms with Crippen molar-refractivity contribution in [3.8, 4) is 11.5 Å². The highest BCUT2D eigenvalue weighted by atomic mass is 35.5. The zero-order valence-corrected chi connectivity index (χ0v) is 25.9. The summed E-state index contributed by atoms with van der Waals surface area (Å²) in [6, 6.07) is 25.4. The lowest BCUT2D eigenvalue weighted by molar-refractivity contribution is 0.0955. The number of sulfonamides is 1. The number of nitrogens with zero attached hydrogens (tertiary/aromatic N) is 2. The van der Waals surface area contributed by atoms with Gasteiger partial charge in [-0.2, -0.15) is 5.10 Å². The zero-order valence-electron chi connectivity index (χ0n) is 24.3. The van der Waals surface area contributed by atoms with E-state index in [2.05, 4.69) is 10.5 Å². The maximum Gasteiger partial charge on any atom is 0.273 e. The molecular formula is C33H34ClN3O5S. The van der Waals surface area contributed by atoms with Crippen LogP contribution in [0.5, 0.6) is 11.5 Å². The smallest absolute Gasteiger partial charge is 0.273 e. The van der Waals surface area contributed by atoms with Crippen molar-refractivity contribution in [2.75, 3.05) is 17.5 Å². The van der Waals surface area contributed by atoms with E-state index >= 15 is 0 Å². The first-order valence-electron chi connectivity index (χ1n) is 13.9. The minimum absolute atomic E-state index is 0.0202. The van der Waals surface area contributed by atoms with Crippen LogP contribution in [0.3, 0.4) is 0 Å². The van der Waals surface area contributed by atoms with Crippen LogP contribution in [0.1, 0.15) is 47.3 Å². The fourth-order valence-corrected chi connectivity index (χ4v) is 5.80. The number of carbonyl (C=O) groups excluding carboxylic acids is 1. The average molecular weight is 620 g/mol. The molecule has 1 N–H and O–H groups in total. The van der Waals surface area contributed by atoms with Crippen LogP contribution in [0, 0.1) is 6.92 Å². The average Bonchev–Trinajstić information content (AvgIpc) is 3.00. The highest BCUT2D eigenvalue weighted by Crippen LogP contribution is 2.30. The summed E-state index contributed by atoms with van der Waals surface area (Å²) >= 11 is 6.07. The van der Waals surface area contributed by atoms with Gasteiger partial charge in [0.05, 0.1) is 42.1 Å².